The molecule has 11 nitrogen and oxygen atoms in total. The Hall–Kier alpha value is -3.77. The predicted molar refractivity (Wildman–Crippen MR) is 153 cm³/mol. The van der Waals surface area contributed by atoms with Gasteiger partial charge in [-0.25, -0.2) is 13.1 Å². The minimum Gasteiger partial charge on any atom is -0.496 e. The second-order valence-corrected chi connectivity index (χ2v) is 12.9. The molecule has 2 aromatic heterocycles. The number of anilines is 1. The first-order valence-electron chi connectivity index (χ1n) is 13.1. The Balaban J connectivity index is 1.35. The number of nitrogens with zero attached hydrogens (tertiary/aromatic N) is 5. The third kappa shape index (κ3) is 6.86. The molecule has 1 saturated heterocycles. The van der Waals surface area contributed by atoms with Gasteiger partial charge in [-0.3, -0.25) is 14.7 Å². The van der Waals surface area contributed by atoms with E-state index < -0.39 is 20.7 Å². The van der Waals surface area contributed by atoms with E-state index in [0.717, 1.165) is 60.9 Å². The van der Waals surface area contributed by atoms with Crippen molar-refractivity contribution in [2.45, 2.75) is 39.0 Å². The number of nitrogens with one attached hydrogen (secondary N) is 1. The maximum absolute atomic E-state index is 12.4. The van der Waals surface area contributed by atoms with Crippen molar-refractivity contribution in [2.24, 2.45) is 0 Å². The van der Waals surface area contributed by atoms with Crippen LogP contribution in [0.25, 0.3) is 11.1 Å². The molecule has 4 rings (SSSR count). The van der Waals surface area contributed by atoms with Gasteiger partial charge in [0, 0.05) is 50.0 Å². The van der Waals surface area contributed by atoms with Gasteiger partial charge in [-0.1, -0.05) is 12.1 Å². The van der Waals surface area contributed by atoms with E-state index in [4.69, 9.17) is 9.47 Å². The fraction of sp³-hybridized carbons (Fsp3) is 0.429. The maximum Gasteiger partial charge on any atom is 0.285 e. The lowest BCUT2D eigenvalue weighted by Gasteiger charge is -2.35. The van der Waals surface area contributed by atoms with Crippen molar-refractivity contribution in [2.75, 3.05) is 44.8 Å². The summed E-state index contributed by atoms with van der Waals surface area (Å²) < 4.78 is 36.8. The topological polar surface area (TPSA) is 127 Å². The van der Waals surface area contributed by atoms with Gasteiger partial charge in [0.25, 0.3) is 5.91 Å². The van der Waals surface area contributed by atoms with Crippen molar-refractivity contribution >= 4 is 21.7 Å². The summed E-state index contributed by atoms with van der Waals surface area (Å²) in [5, 5.41) is 8.14. The normalized spacial score (nSPS) is 14.6. The minimum absolute atomic E-state index is 0.0499. The molecule has 214 valence electrons. The molecular weight excluding hydrogens is 532 g/mol. The smallest absolute Gasteiger partial charge is 0.285 e. The molecule has 0 spiro atoms. The van der Waals surface area contributed by atoms with Gasteiger partial charge in [0.15, 0.2) is 11.5 Å². The lowest BCUT2D eigenvalue weighted by Crippen LogP contribution is -2.46. The van der Waals surface area contributed by atoms with Crippen LogP contribution in [0.5, 0.6) is 11.5 Å². The highest BCUT2D eigenvalue weighted by Gasteiger charge is 2.31. The molecule has 0 unspecified atom stereocenters. The van der Waals surface area contributed by atoms with Gasteiger partial charge < -0.3 is 14.4 Å². The number of ether oxygens (including phenoxy) is 2. The lowest BCUT2D eigenvalue weighted by molar-refractivity contribution is 0.0974. The van der Waals surface area contributed by atoms with Gasteiger partial charge in [0.05, 0.1) is 24.7 Å². The number of methoxy groups -OCH3 is 1. The van der Waals surface area contributed by atoms with Crippen molar-refractivity contribution < 1.29 is 22.7 Å². The molecule has 1 N–H and O–H groups in total. The molecule has 1 fully saturated rings. The van der Waals surface area contributed by atoms with E-state index >= 15 is 0 Å². The first kappa shape index (κ1) is 29.2. The van der Waals surface area contributed by atoms with Gasteiger partial charge >= 0.3 is 0 Å². The molecule has 0 saturated carbocycles. The molecular formula is C28H36N6O5S. The number of amides is 1. The van der Waals surface area contributed by atoms with Gasteiger partial charge in [-0.2, -0.15) is 0 Å². The van der Waals surface area contributed by atoms with E-state index in [-0.39, 0.29) is 5.69 Å². The standard InChI is InChI=1S/C28H36N6O5S/c1-6-39-23-15-22(17-29-18-23)20-7-8-21(25(16-20)38-5)19-33-11-13-34(14-12-33)26-10-9-24(30-31-26)27(35)32-40(36,37)28(2,3)4/h7-10,15-18H,6,11-14,19H2,1-5H3,(H,32,35). The van der Waals surface area contributed by atoms with E-state index in [1.54, 1.807) is 19.4 Å². The fourth-order valence-electron chi connectivity index (χ4n) is 4.20. The fourth-order valence-corrected chi connectivity index (χ4v) is 4.85. The number of piperazine rings is 1. The SMILES string of the molecule is CCOc1cncc(-c2ccc(CN3CCN(c4ccc(C(=O)NS(=O)(=O)C(C)(C)C)nn4)CC3)c(OC)c2)c1. The number of aromatic nitrogens is 3. The number of carbonyl (C=O) groups is 1. The second-order valence-electron chi connectivity index (χ2n) is 10.5. The molecule has 40 heavy (non-hydrogen) atoms. The van der Waals surface area contributed by atoms with Gasteiger partial charge in [-0.05, 0) is 57.5 Å². The van der Waals surface area contributed by atoms with Crippen molar-refractivity contribution in [1.29, 1.82) is 0 Å². The first-order valence-corrected chi connectivity index (χ1v) is 14.6. The number of hydrogen-bond donors (Lipinski definition) is 1. The number of carbonyl (C=O) groups excluding carboxylic acids is 1. The van der Waals surface area contributed by atoms with Crippen LogP contribution in [0.4, 0.5) is 5.82 Å². The predicted octanol–water partition coefficient (Wildman–Crippen LogP) is 3.13. The van der Waals surface area contributed by atoms with Crippen molar-refractivity contribution in [3.8, 4) is 22.6 Å². The summed E-state index contributed by atoms with van der Waals surface area (Å²) >= 11 is 0. The minimum atomic E-state index is -3.83. The molecule has 1 aromatic carbocycles. The second kappa shape index (κ2) is 12.2. The van der Waals surface area contributed by atoms with Crippen LogP contribution in [0, 0.1) is 0 Å². The Labute approximate surface area is 235 Å². The zero-order valence-corrected chi connectivity index (χ0v) is 24.4. The highest BCUT2D eigenvalue weighted by atomic mass is 32.2. The summed E-state index contributed by atoms with van der Waals surface area (Å²) in [5.74, 6) is 1.39. The Kier molecular flexibility index (Phi) is 8.89. The van der Waals surface area contributed by atoms with E-state index in [2.05, 4.69) is 41.8 Å². The zero-order chi connectivity index (χ0) is 28.9. The Morgan fingerprint density at radius 1 is 1.00 bits per heavy atom. The van der Waals surface area contributed by atoms with Crippen molar-refractivity contribution in [3.05, 3.63) is 60.0 Å². The lowest BCUT2D eigenvalue weighted by atomic mass is 10.0. The molecule has 3 heterocycles. The number of sulfonamides is 1. The van der Waals surface area contributed by atoms with Crippen LogP contribution < -0.4 is 19.1 Å². The third-order valence-corrected chi connectivity index (χ3v) is 8.72. The number of hydrogen-bond acceptors (Lipinski definition) is 10. The van der Waals surface area contributed by atoms with Gasteiger partial charge in [0.2, 0.25) is 10.0 Å². The summed E-state index contributed by atoms with van der Waals surface area (Å²) in [6.45, 7) is 10.9. The molecule has 12 heteroatoms. The van der Waals surface area contributed by atoms with Crippen LogP contribution in [0.1, 0.15) is 43.7 Å². The summed E-state index contributed by atoms with van der Waals surface area (Å²) in [7, 11) is -2.16. The van der Waals surface area contributed by atoms with Crippen LogP contribution in [-0.2, 0) is 16.6 Å². The van der Waals surface area contributed by atoms with Crippen LogP contribution in [0.3, 0.4) is 0 Å². The zero-order valence-electron chi connectivity index (χ0n) is 23.5. The van der Waals surface area contributed by atoms with Crippen LogP contribution in [0.2, 0.25) is 0 Å². The number of rotatable bonds is 9. The molecule has 0 aliphatic carbocycles. The van der Waals surface area contributed by atoms with Crippen LogP contribution in [-0.4, -0.2) is 79.0 Å². The van der Waals surface area contributed by atoms with E-state index in [0.29, 0.717) is 12.4 Å². The van der Waals surface area contributed by atoms with Crippen molar-refractivity contribution in [3.63, 3.8) is 0 Å². The Morgan fingerprint density at radius 3 is 2.38 bits per heavy atom. The number of benzene rings is 1. The molecule has 1 aliphatic heterocycles. The maximum atomic E-state index is 12.4. The summed E-state index contributed by atoms with van der Waals surface area (Å²) in [4.78, 5) is 21.1. The summed E-state index contributed by atoms with van der Waals surface area (Å²) in [6.07, 6.45) is 3.52. The van der Waals surface area contributed by atoms with Crippen molar-refractivity contribution in [1.82, 2.24) is 24.8 Å². The van der Waals surface area contributed by atoms with Gasteiger partial charge in [0.1, 0.15) is 11.5 Å². The molecule has 0 bridgehead atoms. The largest absolute Gasteiger partial charge is 0.496 e. The summed E-state index contributed by atoms with van der Waals surface area (Å²) in [6, 6.07) is 11.3. The quantitative estimate of drug-likeness (QED) is 0.411. The highest BCUT2D eigenvalue weighted by Crippen LogP contribution is 2.30. The number of pyridine rings is 1. The first-order chi connectivity index (χ1) is 19.0. The third-order valence-electron chi connectivity index (χ3n) is 6.65. The molecule has 1 aliphatic rings. The average Bonchev–Trinajstić information content (AvgIpc) is 2.93. The Morgan fingerprint density at radius 2 is 1.75 bits per heavy atom. The van der Waals surface area contributed by atoms with E-state index in [1.165, 1.54) is 26.8 Å². The van der Waals surface area contributed by atoms with Gasteiger partial charge in [-0.15, -0.1) is 10.2 Å². The average molecular weight is 569 g/mol. The van der Waals surface area contributed by atoms with E-state index in [9.17, 15) is 13.2 Å². The van der Waals surface area contributed by atoms with Crippen LogP contribution in [0.15, 0.2) is 48.8 Å². The monoisotopic (exact) mass is 568 g/mol. The highest BCUT2D eigenvalue weighted by molar-refractivity contribution is 7.91. The summed E-state index contributed by atoms with van der Waals surface area (Å²) in [5.41, 5.74) is 3.01. The van der Waals surface area contributed by atoms with E-state index in [1.807, 2.05) is 25.3 Å². The van der Waals surface area contributed by atoms with Crippen LogP contribution >= 0.6 is 0 Å². The molecule has 0 radical (unpaired) electrons. The molecule has 0 atom stereocenters. The molecule has 3 aromatic rings. The Bertz CT molecular complexity index is 1430. The molecule has 1 amide bonds.